The van der Waals surface area contributed by atoms with Crippen LogP contribution in [0.4, 0.5) is 15.3 Å². The zero-order chi connectivity index (χ0) is 23.3. The second-order valence-corrected chi connectivity index (χ2v) is 9.81. The van der Waals surface area contributed by atoms with Crippen molar-refractivity contribution in [3.05, 3.63) is 35.0 Å². The van der Waals surface area contributed by atoms with Gasteiger partial charge < -0.3 is 20.1 Å². The van der Waals surface area contributed by atoms with Crippen LogP contribution in [0, 0.1) is 0 Å². The Morgan fingerprint density at radius 2 is 1.97 bits per heavy atom. The molecule has 0 spiro atoms. The zero-order valence-corrected chi connectivity index (χ0v) is 19.9. The number of carbonyl (C=O) groups excluding carboxylic acids is 1. The fourth-order valence-corrected chi connectivity index (χ4v) is 5.15. The third-order valence-corrected chi connectivity index (χ3v) is 6.57. The Bertz CT molecular complexity index is 936. The molecule has 3 N–H and O–H groups in total. The van der Waals surface area contributed by atoms with E-state index < -0.39 is 12.2 Å². The highest BCUT2D eigenvalue weighted by Crippen LogP contribution is 2.39. The van der Waals surface area contributed by atoms with Gasteiger partial charge in [0.05, 0.1) is 16.0 Å². The topological polar surface area (TPSA) is 104 Å². The zero-order valence-electron chi connectivity index (χ0n) is 19.1. The van der Waals surface area contributed by atoms with E-state index in [1.165, 1.54) is 0 Å². The molecule has 1 fully saturated rings. The number of amides is 2. The number of hydrogen-bond donors (Lipinski definition) is 3. The molecule has 3 rings (SSSR count). The predicted molar refractivity (Wildman–Crippen MR) is 126 cm³/mol. The fourth-order valence-electron chi connectivity index (χ4n) is 4.00. The second kappa shape index (κ2) is 10.8. The minimum absolute atomic E-state index is 0.0392. The van der Waals surface area contributed by atoms with Crippen LogP contribution in [0.15, 0.2) is 24.4 Å². The van der Waals surface area contributed by atoms with Gasteiger partial charge in [-0.3, -0.25) is 5.32 Å². The van der Waals surface area contributed by atoms with Gasteiger partial charge in [-0.1, -0.05) is 6.07 Å². The van der Waals surface area contributed by atoms with E-state index in [0.29, 0.717) is 11.6 Å². The van der Waals surface area contributed by atoms with E-state index in [4.69, 9.17) is 14.8 Å². The minimum atomic E-state index is -0.950. The first-order valence-electron chi connectivity index (χ1n) is 10.9. The van der Waals surface area contributed by atoms with Gasteiger partial charge in [0, 0.05) is 30.4 Å². The molecule has 0 atom stereocenters. The van der Waals surface area contributed by atoms with Gasteiger partial charge >= 0.3 is 12.2 Å². The molecule has 0 aliphatic heterocycles. The molecule has 0 bridgehead atoms. The number of anilines is 1. The second-order valence-electron chi connectivity index (χ2n) is 8.75. The molecule has 1 aromatic heterocycles. The highest BCUT2D eigenvalue weighted by Gasteiger charge is 2.25. The van der Waals surface area contributed by atoms with Crippen LogP contribution in [0.5, 0.6) is 0 Å². The normalized spacial score (nSPS) is 18.6. The number of nitrogens with one attached hydrogen (secondary N) is 2. The summed E-state index contributed by atoms with van der Waals surface area (Å²) < 4.78 is 5.18. The van der Waals surface area contributed by atoms with Crippen LogP contribution >= 0.6 is 11.3 Å². The van der Waals surface area contributed by atoms with Crippen LogP contribution in [-0.2, 0) is 11.3 Å². The molecule has 8 nitrogen and oxygen atoms in total. The first-order chi connectivity index (χ1) is 15.2. The van der Waals surface area contributed by atoms with Crippen molar-refractivity contribution in [1.82, 2.24) is 15.2 Å². The number of hydrogen-bond acceptors (Lipinski definition) is 6. The van der Waals surface area contributed by atoms with Crippen molar-refractivity contribution in [3.8, 4) is 10.4 Å². The lowest BCUT2D eigenvalue weighted by molar-refractivity contribution is 0.130. The number of benzene rings is 1. The SMILES string of the molecule is CC(C)OC(=O)Nc1ccc(-c2cnc(C3CCC(NC(=O)O)CC3)s2)c(CN(C)C)c1. The van der Waals surface area contributed by atoms with Gasteiger partial charge in [0.25, 0.3) is 0 Å². The average molecular weight is 461 g/mol. The van der Waals surface area contributed by atoms with Gasteiger partial charge in [-0.05, 0) is 76.9 Å². The molecule has 1 aliphatic rings. The van der Waals surface area contributed by atoms with Crippen molar-refractivity contribution in [3.63, 3.8) is 0 Å². The molecule has 1 saturated carbocycles. The van der Waals surface area contributed by atoms with Crippen molar-refractivity contribution in [1.29, 1.82) is 0 Å². The Hall–Kier alpha value is -2.65. The first kappa shape index (κ1) is 24.0. The van der Waals surface area contributed by atoms with Crippen LogP contribution in [0.1, 0.15) is 56.0 Å². The summed E-state index contributed by atoms with van der Waals surface area (Å²) in [5.41, 5.74) is 2.90. The Morgan fingerprint density at radius 3 is 2.59 bits per heavy atom. The predicted octanol–water partition coefficient (Wildman–Crippen LogP) is 5.12. The van der Waals surface area contributed by atoms with Crippen LogP contribution in [0.2, 0.25) is 0 Å². The van der Waals surface area contributed by atoms with Crippen molar-refractivity contribution >= 4 is 29.2 Å². The van der Waals surface area contributed by atoms with Gasteiger partial charge in [-0.2, -0.15) is 0 Å². The van der Waals surface area contributed by atoms with Crippen molar-refractivity contribution in [2.24, 2.45) is 0 Å². The van der Waals surface area contributed by atoms with E-state index in [-0.39, 0.29) is 12.1 Å². The lowest BCUT2D eigenvalue weighted by Crippen LogP contribution is -2.36. The third kappa shape index (κ3) is 6.67. The molecule has 174 valence electrons. The number of aromatic nitrogens is 1. The number of carbonyl (C=O) groups is 2. The minimum Gasteiger partial charge on any atom is -0.465 e. The Labute approximate surface area is 193 Å². The summed E-state index contributed by atoms with van der Waals surface area (Å²) in [7, 11) is 4.03. The van der Waals surface area contributed by atoms with Crippen LogP contribution < -0.4 is 10.6 Å². The number of thiazole rings is 1. The van der Waals surface area contributed by atoms with Crippen LogP contribution in [0.3, 0.4) is 0 Å². The van der Waals surface area contributed by atoms with Gasteiger partial charge in [-0.15, -0.1) is 11.3 Å². The Kier molecular flexibility index (Phi) is 8.09. The molecule has 1 aliphatic carbocycles. The monoisotopic (exact) mass is 460 g/mol. The molecule has 9 heteroatoms. The van der Waals surface area contributed by atoms with E-state index in [9.17, 15) is 9.59 Å². The third-order valence-electron chi connectivity index (χ3n) is 5.37. The van der Waals surface area contributed by atoms with Gasteiger partial charge in [0.1, 0.15) is 0 Å². The van der Waals surface area contributed by atoms with Gasteiger partial charge in [-0.25, -0.2) is 14.6 Å². The number of ether oxygens (including phenoxy) is 1. The molecule has 1 aromatic carbocycles. The van der Waals surface area contributed by atoms with Crippen LogP contribution in [-0.4, -0.2) is 53.4 Å². The van der Waals surface area contributed by atoms with Crippen molar-refractivity contribution < 1.29 is 19.4 Å². The molecule has 0 unspecified atom stereocenters. The molecule has 2 aromatic rings. The summed E-state index contributed by atoms with van der Waals surface area (Å²) >= 11 is 1.70. The Balaban J connectivity index is 1.75. The summed E-state index contributed by atoms with van der Waals surface area (Å²) in [6.45, 7) is 4.36. The van der Waals surface area contributed by atoms with Crippen molar-refractivity contribution in [2.75, 3.05) is 19.4 Å². The van der Waals surface area contributed by atoms with Crippen molar-refractivity contribution in [2.45, 2.75) is 64.1 Å². The highest BCUT2D eigenvalue weighted by atomic mass is 32.1. The summed E-state index contributed by atoms with van der Waals surface area (Å²) in [4.78, 5) is 30.7. The number of rotatable bonds is 7. The van der Waals surface area contributed by atoms with E-state index in [2.05, 4.69) is 15.5 Å². The molecule has 0 saturated heterocycles. The molecule has 0 radical (unpaired) electrons. The quantitative estimate of drug-likeness (QED) is 0.530. The largest absolute Gasteiger partial charge is 0.465 e. The average Bonchev–Trinajstić information content (AvgIpc) is 3.17. The molecular weight excluding hydrogens is 428 g/mol. The maximum atomic E-state index is 12.0. The summed E-state index contributed by atoms with van der Waals surface area (Å²) in [6.07, 6.45) is 3.88. The number of carboxylic acid groups (broad SMARTS) is 1. The number of nitrogens with zero attached hydrogens (tertiary/aromatic N) is 2. The molecule has 32 heavy (non-hydrogen) atoms. The fraction of sp³-hybridized carbons (Fsp3) is 0.522. The van der Waals surface area contributed by atoms with Gasteiger partial charge in [0.2, 0.25) is 0 Å². The summed E-state index contributed by atoms with van der Waals surface area (Å²) in [5, 5.41) is 15.4. The lowest BCUT2D eigenvalue weighted by Gasteiger charge is -2.27. The maximum absolute atomic E-state index is 12.0. The van der Waals surface area contributed by atoms with E-state index >= 15 is 0 Å². The molecule has 2 amide bonds. The summed E-state index contributed by atoms with van der Waals surface area (Å²) in [6, 6.07) is 5.93. The van der Waals surface area contributed by atoms with Gasteiger partial charge in [0.15, 0.2) is 0 Å². The molecule has 1 heterocycles. The smallest absolute Gasteiger partial charge is 0.411 e. The highest BCUT2D eigenvalue weighted by molar-refractivity contribution is 7.15. The standard InChI is InChI=1S/C23H32N4O4S/c1-14(2)31-23(30)26-18-9-10-19(16(11-18)13-27(3)4)20-12-24-21(32-20)15-5-7-17(8-6-15)25-22(28)29/h9-12,14-15,17,25H,5-8,13H2,1-4H3,(H,26,30)(H,28,29). The summed E-state index contributed by atoms with van der Waals surface area (Å²) in [5.74, 6) is 0.365. The van der Waals surface area contributed by atoms with E-state index in [1.54, 1.807) is 11.3 Å². The lowest BCUT2D eigenvalue weighted by atomic mass is 9.86. The Morgan fingerprint density at radius 1 is 1.25 bits per heavy atom. The van der Waals surface area contributed by atoms with E-state index in [1.807, 2.05) is 52.3 Å². The van der Waals surface area contributed by atoms with E-state index in [0.717, 1.165) is 53.2 Å². The van der Waals surface area contributed by atoms with Crippen LogP contribution in [0.25, 0.3) is 10.4 Å². The maximum Gasteiger partial charge on any atom is 0.411 e. The first-order valence-corrected chi connectivity index (χ1v) is 11.7. The molecular formula is C23H32N4O4S.